The van der Waals surface area contributed by atoms with Crippen molar-refractivity contribution >= 4 is 28.2 Å². The second-order valence-electron chi connectivity index (χ2n) is 4.40. The first-order chi connectivity index (χ1) is 8.65. The Morgan fingerprint density at radius 2 is 2.28 bits per heavy atom. The van der Waals surface area contributed by atoms with Crippen molar-refractivity contribution in [2.75, 3.05) is 37.8 Å². The van der Waals surface area contributed by atoms with Crippen molar-refractivity contribution in [3.05, 3.63) is 4.88 Å². The topological polar surface area (TPSA) is 91.5 Å². The highest BCUT2D eigenvalue weighted by Crippen LogP contribution is 2.27. The van der Waals surface area contributed by atoms with Gasteiger partial charge in [-0.05, 0) is 18.8 Å². The molecule has 0 atom stereocenters. The number of nitrogen functional groups attached to an aromatic ring is 1. The lowest BCUT2D eigenvalue weighted by Gasteiger charge is -2.30. The van der Waals surface area contributed by atoms with Gasteiger partial charge in [0.2, 0.25) is 0 Å². The SMILES string of the molecule is CNc1nc(N)c(C(=O)N2CCC(CO)CC2)s1. The zero-order valence-corrected chi connectivity index (χ0v) is 11.2. The fourth-order valence-corrected chi connectivity index (χ4v) is 2.86. The number of hydrogen-bond donors (Lipinski definition) is 3. The molecule has 1 fully saturated rings. The van der Waals surface area contributed by atoms with Crippen molar-refractivity contribution in [2.45, 2.75) is 12.8 Å². The van der Waals surface area contributed by atoms with Gasteiger partial charge in [0.1, 0.15) is 10.7 Å². The van der Waals surface area contributed by atoms with Gasteiger partial charge in [-0.25, -0.2) is 4.98 Å². The molecule has 1 aromatic heterocycles. The molecule has 1 aromatic rings. The van der Waals surface area contributed by atoms with Crippen molar-refractivity contribution < 1.29 is 9.90 Å². The molecular formula is C11H18N4O2S. The van der Waals surface area contributed by atoms with Crippen LogP contribution in [0.15, 0.2) is 0 Å². The maximum Gasteiger partial charge on any atom is 0.267 e. The van der Waals surface area contributed by atoms with E-state index in [1.165, 1.54) is 11.3 Å². The highest BCUT2D eigenvalue weighted by molar-refractivity contribution is 7.18. The van der Waals surface area contributed by atoms with Crippen LogP contribution < -0.4 is 11.1 Å². The molecule has 2 rings (SSSR count). The van der Waals surface area contributed by atoms with E-state index in [-0.39, 0.29) is 12.5 Å². The third-order valence-corrected chi connectivity index (χ3v) is 4.30. The first kappa shape index (κ1) is 13.1. The highest BCUT2D eigenvalue weighted by Gasteiger charge is 2.26. The number of nitrogens with zero attached hydrogens (tertiary/aromatic N) is 2. The summed E-state index contributed by atoms with van der Waals surface area (Å²) < 4.78 is 0. The van der Waals surface area contributed by atoms with E-state index in [1.807, 2.05) is 0 Å². The molecule has 1 aliphatic rings. The number of thiazole rings is 1. The summed E-state index contributed by atoms with van der Waals surface area (Å²) in [7, 11) is 1.75. The number of piperidine rings is 1. The van der Waals surface area contributed by atoms with E-state index in [9.17, 15) is 4.79 Å². The molecule has 1 aliphatic heterocycles. The van der Waals surface area contributed by atoms with Crippen LogP contribution >= 0.6 is 11.3 Å². The average molecular weight is 270 g/mol. The molecule has 4 N–H and O–H groups in total. The van der Waals surface area contributed by atoms with Crippen molar-refractivity contribution in [2.24, 2.45) is 5.92 Å². The normalized spacial score (nSPS) is 16.9. The van der Waals surface area contributed by atoms with Crippen molar-refractivity contribution in [1.82, 2.24) is 9.88 Å². The van der Waals surface area contributed by atoms with Crippen molar-refractivity contribution in [3.8, 4) is 0 Å². The third-order valence-electron chi connectivity index (χ3n) is 3.22. The van der Waals surface area contributed by atoms with E-state index < -0.39 is 0 Å². The molecule has 1 amide bonds. The monoisotopic (exact) mass is 270 g/mol. The summed E-state index contributed by atoms with van der Waals surface area (Å²) in [6, 6.07) is 0. The van der Waals surface area contributed by atoms with Crippen LogP contribution in [0, 0.1) is 5.92 Å². The van der Waals surface area contributed by atoms with E-state index in [2.05, 4.69) is 10.3 Å². The van der Waals surface area contributed by atoms with Crippen LogP contribution in [-0.4, -0.2) is 47.6 Å². The summed E-state index contributed by atoms with van der Waals surface area (Å²) in [6.45, 7) is 1.56. The molecule has 0 bridgehead atoms. The Morgan fingerprint density at radius 3 is 2.78 bits per heavy atom. The number of aliphatic hydroxyl groups excluding tert-OH is 1. The first-order valence-electron chi connectivity index (χ1n) is 6.00. The lowest BCUT2D eigenvalue weighted by Crippen LogP contribution is -2.39. The molecule has 0 spiro atoms. The number of amides is 1. The lowest BCUT2D eigenvalue weighted by atomic mass is 9.98. The number of carbonyl (C=O) groups is 1. The van der Waals surface area contributed by atoms with E-state index in [4.69, 9.17) is 10.8 Å². The van der Waals surface area contributed by atoms with Gasteiger partial charge in [-0.2, -0.15) is 0 Å². The minimum absolute atomic E-state index is 0.0529. The van der Waals surface area contributed by atoms with E-state index in [0.717, 1.165) is 12.8 Å². The van der Waals surface area contributed by atoms with Gasteiger partial charge in [0, 0.05) is 26.7 Å². The van der Waals surface area contributed by atoms with Gasteiger partial charge in [-0.3, -0.25) is 4.79 Å². The number of nitrogens with one attached hydrogen (secondary N) is 1. The first-order valence-corrected chi connectivity index (χ1v) is 6.81. The standard InChI is InChI=1S/C11H18N4O2S/c1-13-11-14-9(12)8(18-11)10(17)15-4-2-7(6-16)3-5-15/h7,16H,2-6,12H2,1H3,(H,13,14). The predicted octanol–water partition coefficient (Wildman–Crippen LogP) is 0.612. The Morgan fingerprint density at radius 1 is 1.61 bits per heavy atom. The van der Waals surface area contributed by atoms with Crippen LogP contribution in [0.3, 0.4) is 0 Å². The number of hydrogen-bond acceptors (Lipinski definition) is 6. The van der Waals surface area contributed by atoms with Gasteiger partial charge in [0.05, 0.1) is 0 Å². The zero-order valence-electron chi connectivity index (χ0n) is 10.3. The third kappa shape index (κ3) is 2.56. The molecule has 18 heavy (non-hydrogen) atoms. The van der Waals surface area contributed by atoms with Crippen LogP contribution in [0.2, 0.25) is 0 Å². The largest absolute Gasteiger partial charge is 0.396 e. The zero-order chi connectivity index (χ0) is 13.1. The fourth-order valence-electron chi connectivity index (χ4n) is 2.05. The molecule has 0 radical (unpaired) electrons. The molecule has 0 unspecified atom stereocenters. The molecule has 1 saturated heterocycles. The van der Waals surface area contributed by atoms with Gasteiger partial charge in [0.15, 0.2) is 5.13 Å². The second-order valence-corrected chi connectivity index (χ2v) is 5.40. The molecule has 0 aliphatic carbocycles. The van der Waals surface area contributed by atoms with Crippen LogP contribution in [0.4, 0.5) is 10.9 Å². The molecule has 0 aromatic carbocycles. The van der Waals surface area contributed by atoms with Crippen LogP contribution in [0.5, 0.6) is 0 Å². The minimum atomic E-state index is -0.0529. The maximum absolute atomic E-state index is 12.3. The average Bonchev–Trinajstić information content (AvgIpc) is 2.79. The summed E-state index contributed by atoms with van der Waals surface area (Å²) in [5.41, 5.74) is 5.75. The van der Waals surface area contributed by atoms with Gasteiger partial charge in [-0.1, -0.05) is 11.3 Å². The summed E-state index contributed by atoms with van der Waals surface area (Å²) in [4.78, 5) is 18.6. The number of anilines is 2. The number of rotatable bonds is 3. The summed E-state index contributed by atoms with van der Waals surface area (Å²) >= 11 is 1.28. The van der Waals surface area contributed by atoms with E-state index >= 15 is 0 Å². The predicted molar refractivity (Wildman–Crippen MR) is 71.8 cm³/mol. The Labute approximate surface area is 110 Å². The number of aliphatic hydroxyl groups is 1. The Balaban J connectivity index is 2.05. The fraction of sp³-hybridized carbons (Fsp3) is 0.636. The van der Waals surface area contributed by atoms with Crippen LogP contribution in [0.25, 0.3) is 0 Å². The van der Waals surface area contributed by atoms with E-state index in [0.29, 0.717) is 34.8 Å². The maximum atomic E-state index is 12.3. The van der Waals surface area contributed by atoms with Gasteiger partial charge in [0.25, 0.3) is 5.91 Å². The summed E-state index contributed by atoms with van der Waals surface area (Å²) in [5, 5.41) is 12.6. The number of likely N-dealkylation sites (tertiary alicyclic amines) is 1. The van der Waals surface area contributed by atoms with Crippen molar-refractivity contribution in [3.63, 3.8) is 0 Å². The van der Waals surface area contributed by atoms with Crippen LogP contribution in [0.1, 0.15) is 22.5 Å². The van der Waals surface area contributed by atoms with Crippen LogP contribution in [-0.2, 0) is 0 Å². The Kier molecular flexibility index (Phi) is 4.03. The smallest absolute Gasteiger partial charge is 0.267 e. The molecule has 0 saturated carbocycles. The summed E-state index contributed by atoms with van der Waals surface area (Å²) in [6.07, 6.45) is 1.69. The van der Waals surface area contributed by atoms with Crippen molar-refractivity contribution in [1.29, 1.82) is 0 Å². The molecule has 6 nitrogen and oxygen atoms in total. The summed E-state index contributed by atoms with van der Waals surface area (Å²) in [5.74, 6) is 0.558. The van der Waals surface area contributed by atoms with E-state index in [1.54, 1.807) is 11.9 Å². The molecule has 100 valence electrons. The van der Waals surface area contributed by atoms with Gasteiger partial charge in [-0.15, -0.1) is 0 Å². The number of aromatic nitrogens is 1. The lowest BCUT2D eigenvalue weighted by molar-refractivity contribution is 0.0656. The molecule has 2 heterocycles. The number of nitrogens with two attached hydrogens (primary N) is 1. The highest BCUT2D eigenvalue weighted by atomic mass is 32.1. The second kappa shape index (κ2) is 5.53. The van der Waals surface area contributed by atoms with Gasteiger partial charge < -0.3 is 21.1 Å². The quantitative estimate of drug-likeness (QED) is 0.748. The van der Waals surface area contributed by atoms with Gasteiger partial charge >= 0.3 is 0 Å². The minimum Gasteiger partial charge on any atom is -0.396 e. The molecule has 7 heteroatoms. The Bertz CT molecular complexity index is 427. The number of carbonyl (C=O) groups excluding carboxylic acids is 1. The Hall–Kier alpha value is -1.34. The molecular weight excluding hydrogens is 252 g/mol.